The largest absolute Gasteiger partial charge is 0.493 e. The Bertz CT molecular complexity index is 881. The van der Waals surface area contributed by atoms with Crippen LogP contribution in [-0.2, 0) is 21.2 Å². The maximum absolute atomic E-state index is 11.8. The molecular formula is C16H17N3O4S. The zero-order valence-corrected chi connectivity index (χ0v) is 13.9. The number of amides is 1. The Balaban J connectivity index is 1.78. The number of ether oxygens (including phenoxy) is 1. The Morgan fingerprint density at radius 1 is 1.29 bits per heavy atom. The third-order valence-electron chi connectivity index (χ3n) is 3.63. The number of rotatable bonds is 5. The molecule has 0 atom stereocenters. The molecule has 1 aliphatic heterocycles. The molecule has 0 bridgehead atoms. The van der Waals surface area contributed by atoms with Gasteiger partial charge in [-0.05, 0) is 42.9 Å². The fourth-order valence-corrected chi connectivity index (χ4v) is 3.00. The summed E-state index contributed by atoms with van der Waals surface area (Å²) in [5.41, 5.74) is 2.74. The molecule has 1 aromatic heterocycles. The molecule has 0 spiro atoms. The van der Waals surface area contributed by atoms with Gasteiger partial charge in [-0.15, -0.1) is 0 Å². The van der Waals surface area contributed by atoms with Gasteiger partial charge < -0.3 is 10.1 Å². The lowest BCUT2D eigenvalue weighted by Crippen LogP contribution is -2.30. The van der Waals surface area contributed by atoms with Crippen molar-refractivity contribution in [3.63, 3.8) is 0 Å². The number of aromatic nitrogens is 1. The lowest BCUT2D eigenvalue weighted by molar-refractivity contribution is -0.113. The van der Waals surface area contributed by atoms with E-state index in [0.29, 0.717) is 18.1 Å². The number of carbonyl (C=O) groups excluding carboxylic acids is 1. The number of sulfonamides is 1. The third kappa shape index (κ3) is 3.72. The maximum atomic E-state index is 11.8. The van der Waals surface area contributed by atoms with Gasteiger partial charge in [0.15, 0.2) is 0 Å². The highest BCUT2D eigenvalue weighted by molar-refractivity contribution is 7.90. The Labute approximate surface area is 140 Å². The van der Waals surface area contributed by atoms with E-state index in [1.165, 1.54) is 7.05 Å². The van der Waals surface area contributed by atoms with Crippen LogP contribution in [0.25, 0.3) is 11.3 Å². The first-order valence-electron chi connectivity index (χ1n) is 7.41. The highest BCUT2D eigenvalue weighted by Crippen LogP contribution is 2.30. The number of benzene rings is 1. The van der Waals surface area contributed by atoms with Crippen molar-refractivity contribution in [2.75, 3.05) is 24.7 Å². The smallest absolute Gasteiger partial charge is 0.242 e. The van der Waals surface area contributed by atoms with Crippen molar-refractivity contribution >= 4 is 21.7 Å². The Hall–Kier alpha value is -2.45. The lowest BCUT2D eigenvalue weighted by Gasteiger charge is -2.08. The van der Waals surface area contributed by atoms with Gasteiger partial charge in [-0.1, -0.05) is 6.07 Å². The number of fused-ring (bicyclic) bond motifs is 1. The molecule has 0 saturated carbocycles. The summed E-state index contributed by atoms with van der Waals surface area (Å²) in [5.74, 6) is -0.0941. The average Bonchev–Trinajstić information content (AvgIpc) is 3.02. The second-order valence-corrected chi connectivity index (χ2v) is 7.27. The molecule has 0 radical (unpaired) electrons. The maximum Gasteiger partial charge on any atom is 0.242 e. The van der Waals surface area contributed by atoms with Crippen molar-refractivity contribution < 1.29 is 17.9 Å². The van der Waals surface area contributed by atoms with E-state index in [2.05, 4.69) is 15.0 Å². The summed E-state index contributed by atoms with van der Waals surface area (Å²) in [6.07, 6.45) is 0.863. The topological polar surface area (TPSA) is 97.4 Å². The number of nitrogens with one attached hydrogen (secondary N) is 2. The molecule has 0 saturated heterocycles. The van der Waals surface area contributed by atoms with Gasteiger partial charge in [-0.3, -0.25) is 4.79 Å². The summed E-state index contributed by atoms with van der Waals surface area (Å²) in [7, 11) is -2.35. The third-order valence-corrected chi connectivity index (χ3v) is 4.90. The van der Waals surface area contributed by atoms with Crippen LogP contribution < -0.4 is 14.8 Å². The molecule has 2 heterocycles. The van der Waals surface area contributed by atoms with E-state index in [0.717, 1.165) is 23.3 Å². The molecule has 1 aromatic carbocycles. The van der Waals surface area contributed by atoms with Crippen molar-refractivity contribution in [1.82, 2.24) is 9.71 Å². The van der Waals surface area contributed by atoms with Gasteiger partial charge in [0, 0.05) is 12.0 Å². The van der Waals surface area contributed by atoms with E-state index < -0.39 is 21.7 Å². The van der Waals surface area contributed by atoms with Crippen LogP contribution in [-0.4, -0.2) is 38.7 Å². The summed E-state index contributed by atoms with van der Waals surface area (Å²) in [6.45, 7) is 0.683. The number of hydrogen-bond donors (Lipinski definition) is 2. The van der Waals surface area contributed by atoms with Crippen LogP contribution >= 0.6 is 0 Å². The predicted molar refractivity (Wildman–Crippen MR) is 90.3 cm³/mol. The van der Waals surface area contributed by atoms with Crippen molar-refractivity contribution in [1.29, 1.82) is 0 Å². The molecule has 0 unspecified atom stereocenters. The number of hydrogen-bond acceptors (Lipinski definition) is 5. The van der Waals surface area contributed by atoms with Crippen LogP contribution in [0.5, 0.6) is 5.75 Å². The molecule has 3 rings (SSSR count). The molecule has 0 fully saturated rings. The van der Waals surface area contributed by atoms with Crippen molar-refractivity contribution in [3.8, 4) is 17.0 Å². The Morgan fingerprint density at radius 3 is 2.92 bits per heavy atom. The molecule has 2 N–H and O–H groups in total. The highest BCUT2D eigenvalue weighted by atomic mass is 32.2. The molecule has 1 amide bonds. The monoisotopic (exact) mass is 347 g/mol. The zero-order chi connectivity index (χ0) is 17.2. The molecule has 126 valence electrons. The number of nitrogens with zero attached hydrogens (tertiary/aromatic N) is 1. The van der Waals surface area contributed by atoms with Crippen LogP contribution in [0, 0.1) is 0 Å². The van der Waals surface area contributed by atoms with Gasteiger partial charge >= 0.3 is 0 Å². The fraction of sp³-hybridized carbons (Fsp3) is 0.250. The first-order chi connectivity index (χ1) is 11.5. The van der Waals surface area contributed by atoms with E-state index in [1.54, 1.807) is 12.1 Å². The molecule has 1 aliphatic rings. The van der Waals surface area contributed by atoms with Crippen molar-refractivity contribution in [2.45, 2.75) is 6.42 Å². The molecule has 7 nitrogen and oxygen atoms in total. The van der Waals surface area contributed by atoms with Crippen LogP contribution in [0.1, 0.15) is 5.56 Å². The van der Waals surface area contributed by atoms with Crippen LogP contribution in [0.2, 0.25) is 0 Å². The van der Waals surface area contributed by atoms with Crippen LogP contribution in [0.15, 0.2) is 36.4 Å². The first-order valence-corrected chi connectivity index (χ1v) is 9.06. The van der Waals surface area contributed by atoms with E-state index >= 15 is 0 Å². The van der Waals surface area contributed by atoms with Gasteiger partial charge in [0.25, 0.3) is 0 Å². The van der Waals surface area contributed by atoms with E-state index in [4.69, 9.17) is 4.74 Å². The SMILES string of the molecule is CNS(=O)(=O)CC(=O)Nc1cccc(-c2ccc3c(c2)CCO3)n1. The van der Waals surface area contributed by atoms with Gasteiger partial charge in [0.2, 0.25) is 15.9 Å². The molecular weight excluding hydrogens is 330 g/mol. The normalized spacial score (nSPS) is 13.2. The van der Waals surface area contributed by atoms with Crippen molar-refractivity contribution in [3.05, 3.63) is 42.0 Å². The lowest BCUT2D eigenvalue weighted by atomic mass is 10.1. The van der Waals surface area contributed by atoms with Gasteiger partial charge in [-0.2, -0.15) is 0 Å². The quantitative estimate of drug-likeness (QED) is 0.846. The number of anilines is 1. The fourth-order valence-electron chi connectivity index (χ4n) is 2.43. The zero-order valence-electron chi connectivity index (χ0n) is 13.1. The number of carbonyl (C=O) groups is 1. The van der Waals surface area contributed by atoms with E-state index in [1.807, 2.05) is 24.3 Å². The summed E-state index contributed by atoms with van der Waals surface area (Å²) in [4.78, 5) is 16.2. The minimum atomic E-state index is -3.61. The minimum Gasteiger partial charge on any atom is -0.493 e. The van der Waals surface area contributed by atoms with Crippen molar-refractivity contribution in [2.24, 2.45) is 0 Å². The summed E-state index contributed by atoms with van der Waals surface area (Å²) in [6, 6.07) is 11.0. The standard InChI is InChI=1S/C16H17N3O4S/c1-17-24(21,22)10-16(20)19-15-4-2-3-13(18-15)11-5-6-14-12(9-11)7-8-23-14/h2-6,9,17H,7-8,10H2,1H3,(H,18,19,20). The number of pyridine rings is 1. The van der Waals surface area contributed by atoms with Crippen LogP contribution in [0.3, 0.4) is 0 Å². The van der Waals surface area contributed by atoms with Crippen LogP contribution in [0.4, 0.5) is 5.82 Å². The summed E-state index contributed by atoms with van der Waals surface area (Å²) in [5, 5.41) is 2.50. The second kappa shape index (κ2) is 6.58. The van der Waals surface area contributed by atoms with Gasteiger partial charge in [0.05, 0.1) is 12.3 Å². The Kier molecular flexibility index (Phi) is 4.50. The molecule has 8 heteroatoms. The minimum absolute atomic E-state index is 0.306. The molecule has 2 aromatic rings. The second-order valence-electron chi connectivity index (χ2n) is 5.34. The van der Waals surface area contributed by atoms with E-state index in [-0.39, 0.29) is 0 Å². The summed E-state index contributed by atoms with van der Waals surface area (Å²) < 4.78 is 30.4. The van der Waals surface area contributed by atoms with E-state index in [9.17, 15) is 13.2 Å². The van der Waals surface area contributed by atoms with Gasteiger partial charge in [0.1, 0.15) is 17.3 Å². The van der Waals surface area contributed by atoms with Gasteiger partial charge in [-0.25, -0.2) is 18.1 Å². The Morgan fingerprint density at radius 2 is 2.12 bits per heavy atom. The average molecular weight is 347 g/mol. The predicted octanol–water partition coefficient (Wildman–Crippen LogP) is 1.17. The molecule has 0 aliphatic carbocycles. The highest BCUT2D eigenvalue weighted by Gasteiger charge is 2.16. The first kappa shape index (κ1) is 16.4. The summed E-state index contributed by atoms with van der Waals surface area (Å²) >= 11 is 0. The molecule has 24 heavy (non-hydrogen) atoms.